The van der Waals surface area contributed by atoms with Crippen molar-refractivity contribution in [3.8, 4) is 0 Å². The van der Waals surface area contributed by atoms with Crippen LogP contribution in [0.15, 0.2) is 54.1 Å². The van der Waals surface area contributed by atoms with E-state index in [2.05, 4.69) is 59.2 Å². The van der Waals surface area contributed by atoms with Crippen molar-refractivity contribution in [1.82, 2.24) is 5.32 Å². The van der Waals surface area contributed by atoms with Crippen molar-refractivity contribution in [3.05, 3.63) is 54.1 Å². The fraction of sp³-hybridized carbons (Fsp3) is 0.316. The molecule has 0 saturated heterocycles. The standard InChI is InChI=1S/C19H22N2S/c22-19(20-14-13-15-7-2-1-3-8-15)21-18-12-6-10-16-9-4-5-11-17(16)18/h4-7,9-12H,1-3,8,13-14H2,(H2,20,21,22). The Morgan fingerprint density at radius 3 is 2.77 bits per heavy atom. The van der Waals surface area contributed by atoms with E-state index in [1.807, 2.05) is 0 Å². The predicted octanol–water partition coefficient (Wildman–Crippen LogP) is 5.02. The van der Waals surface area contributed by atoms with Crippen molar-refractivity contribution >= 4 is 33.8 Å². The smallest absolute Gasteiger partial charge is 0.170 e. The molecule has 0 fully saturated rings. The second-order valence-corrected chi connectivity index (χ2v) is 6.17. The summed E-state index contributed by atoms with van der Waals surface area (Å²) in [5.41, 5.74) is 2.64. The van der Waals surface area contributed by atoms with E-state index < -0.39 is 0 Å². The molecule has 3 heteroatoms. The number of nitrogens with one attached hydrogen (secondary N) is 2. The molecule has 114 valence electrons. The SMILES string of the molecule is S=C(NCCC1=CCCCC1)Nc1cccc2ccccc12. The molecule has 0 spiro atoms. The van der Waals surface area contributed by atoms with E-state index in [0.29, 0.717) is 5.11 Å². The van der Waals surface area contributed by atoms with Gasteiger partial charge in [0.05, 0.1) is 0 Å². The minimum atomic E-state index is 0.702. The van der Waals surface area contributed by atoms with Gasteiger partial charge in [0.15, 0.2) is 5.11 Å². The number of anilines is 1. The molecule has 0 unspecified atom stereocenters. The van der Waals surface area contributed by atoms with Gasteiger partial charge in [-0.15, -0.1) is 0 Å². The second kappa shape index (κ2) is 7.41. The van der Waals surface area contributed by atoms with Crippen LogP contribution in [0.3, 0.4) is 0 Å². The quantitative estimate of drug-likeness (QED) is 0.612. The van der Waals surface area contributed by atoms with Crippen LogP contribution in [0.4, 0.5) is 5.69 Å². The highest BCUT2D eigenvalue weighted by Crippen LogP contribution is 2.23. The fourth-order valence-electron chi connectivity index (χ4n) is 2.97. The highest BCUT2D eigenvalue weighted by atomic mass is 32.1. The van der Waals surface area contributed by atoms with Crippen molar-refractivity contribution < 1.29 is 0 Å². The molecule has 0 radical (unpaired) electrons. The zero-order valence-corrected chi connectivity index (χ0v) is 13.6. The number of rotatable bonds is 4. The lowest BCUT2D eigenvalue weighted by Crippen LogP contribution is -2.29. The van der Waals surface area contributed by atoms with Crippen LogP contribution in [0, 0.1) is 0 Å². The van der Waals surface area contributed by atoms with E-state index in [1.165, 1.54) is 36.5 Å². The number of fused-ring (bicyclic) bond motifs is 1. The summed E-state index contributed by atoms with van der Waals surface area (Å²) < 4.78 is 0. The Morgan fingerprint density at radius 1 is 1.05 bits per heavy atom. The van der Waals surface area contributed by atoms with Crippen LogP contribution in [-0.2, 0) is 0 Å². The molecule has 0 bridgehead atoms. The first kappa shape index (κ1) is 15.0. The lowest BCUT2D eigenvalue weighted by atomic mass is 9.97. The molecule has 22 heavy (non-hydrogen) atoms. The van der Waals surface area contributed by atoms with Gasteiger partial charge >= 0.3 is 0 Å². The number of allylic oxidation sites excluding steroid dienone is 1. The highest BCUT2D eigenvalue weighted by Gasteiger charge is 2.05. The maximum absolute atomic E-state index is 5.42. The van der Waals surface area contributed by atoms with Crippen molar-refractivity contribution in [2.24, 2.45) is 0 Å². The van der Waals surface area contributed by atoms with Crippen LogP contribution in [0.2, 0.25) is 0 Å². The Labute approximate surface area is 137 Å². The Hall–Kier alpha value is -1.87. The van der Waals surface area contributed by atoms with Gasteiger partial charge in [0.25, 0.3) is 0 Å². The summed E-state index contributed by atoms with van der Waals surface area (Å²) in [6.07, 6.45) is 8.67. The molecule has 0 atom stereocenters. The molecule has 1 aliphatic carbocycles. The van der Waals surface area contributed by atoms with E-state index in [4.69, 9.17) is 12.2 Å². The summed E-state index contributed by atoms with van der Waals surface area (Å²) in [7, 11) is 0. The van der Waals surface area contributed by atoms with Crippen LogP contribution >= 0.6 is 12.2 Å². The minimum Gasteiger partial charge on any atom is -0.362 e. The van der Waals surface area contributed by atoms with E-state index in [-0.39, 0.29) is 0 Å². The van der Waals surface area contributed by atoms with Gasteiger partial charge in [-0.1, -0.05) is 48.0 Å². The molecule has 2 nitrogen and oxygen atoms in total. The van der Waals surface area contributed by atoms with Gasteiger partial charge in [0.1, 0.15) is 0 Å². The highest BCUT2D eigenvalue weighted by molar-refractivity contribution is 7.80. The van der Waals surface area contributed by atoms with Crippen LogP contribution < -0.4 is 10.6 Å². The number of benzene rings is 2. The second-order valence-electron chi connectivity index (χ2n) is 5.77. The Morgan fingerprint density at radius 2 is 1.91 bits per heavy atom. The Balaban J connectivity index is 1.55. The summed E-state index contributed by atoms with van der Waals surface area (Å²) in [4.78, 5) is 0. The first-order valence-electron chi connectivity index (χ1n) is 8.03. The molecule has 3 rings (SSSR count). The van der Waals surface area contributed by atoms with Crippen molar-refractivity contribution in [2.45, 2.75) is 32.1 Å². The van der Waals surface area contributed by atoms with Crippen LogP contribution in [0.25, 0.3) is 10.8 Å². The van der Waals surface area contributed by atoms with Gasteiger partial charge in [-0.25, -0.2) is 0 Å². The Kier molecular flexibility index (Phi) is 5.07. The van der Waals surface area contributed by atoms with E-state index in [9.17, 15) is 0 Å². The number of hydrogen-bond donors (Lipinski definition) is 2. The summed E-state index contributed by atoms with van der Waals surface area (Å²) in [6.45, 7) is 0.905. The summed E-state index contributed by atoms with van der Waals surface area (Å²) in [5, 5.41) is 9.77. The molecule has 2 aromatic carbocycles. The van der Waals surface area contributed by atoms with Crippen molar-refractivity contribution in [1.29, 1.82) is 0 Å². The molecule has 2 N–H and O–H groups in total. The molecule has 0 amide bonds. The summed E-state index contributed by atoms with van der Waals surface area (Å²) in [5.74, 6) is 0. The third-order valence-electron chi connectivity index (χ3n) is 4.15. The third-order valence-corrected chi connectivity index (χ3v) is 4.40. The van der Waals surface area contributed by atoms with E-state index in [1.54, 1.807) is 5.57 Å². The third kappa shape index (κ3) is 3.86. The predicted molar refractivity (Wildman–Crippen MR) is 99.3 cm³/mol. The molecule has 0 aromatic heterocycles. The maximum atomic E-state index is 5.42. The molecule has 0 aliphatic heterocycles. The zero-order chi connectivity index (χ0) is 15.2. The molecule has 2 aromatic rings. The minimum absolute atomic E-state index is 0.702. The first-order chi connectivity index (χ1) is 10.8. The fourth-order valence-corrected chi connectivity index (χ4v) is 3.18. The zero-order valence-electron chi connectivity index (χ0n) is 12.8. The van der Waals surface area contributed by atoms with Crippen molar-refractivity contribution in [3.63, 3.8) is 0 Å². The van der Waals surface area contributed by atoms with E-state index in [0.717, 1.165) is 18.7 Å². The van der Waals surface area contributed by atoms with Gasteiger partial charge < -0.3 is 10.6 Å². The average Bonchev–Trinajstić information content (AvgIpc) is 2.56. The van der Waals surface area contributed by atoms with Crippen LogP contribution in [0.5, 0.6) is 0 Å². The largest absolute Gasteiger partial charge is 0.362 e. The monoisotopic (exact) mass is 310 g/mol. The topological polar surface area (TPSA) is 24.1 Å². The van der Waals surface area contributed by atoms with Gasteiger partial charge in [0.2, 0.25) is 0 Å². The lowest BCUT2D eigenvalue weighted by molar-refractivity contribution is 0.669. The lowest BCUT2D eigenvalue weighted by Gasteiger charge is -2.15. The Bertz CT molecular complexity index is 685. The number of thiocarbonyl (C=S) groups is 1. The number of hydrogen-bond acceptors (Lipinski definition) is 1. The van der Waals surface area contributed by atoms with Gasteiger partial charge in [-0.05, 0) is 55.8 Å². The molecule has 0 heterocycles. The van der Waals surface area contributed by atoms with Gasteiger partial charge in [-0.3, -0.25) is 0 Å². The summed E-state index contributed by atoms with van der Waals surface area (Å²) in [6, 6.07) is 14.6. The molecular formula is C19H22N2S. The van der Waals surface area contributed by atoms with Gasteiger partial charge in [-0.2, -0.15) is 0 Å². The van der Waals surface area contributed by atoms with Gasteiger partial charge in [0, 0.05) is 17.6 Å². The van der Waals surface area contributed by atoms with E-state index >= 15 is 0 Å². The molecular weight excluding hydrogens is 288 g/mol. The van der Waals surface area contributed by atoms with Crippen LogP contribution in [0.1, 0.15) is 32.1 Å². The normalized spacial score (nSPS) is 14.5. The summed E-state index contributed by atoms with van der Waals surface area (Å²) >= 11 is 5.42. The maximum Gasteiger partial charge on any atom is 0.170 e. The molecule has 1 aliphatic rings. The van der Waals surface area contributed by atoms with Crippen molar-refractivity contribution in [2.75, 3.05) is 11.9 Å². The average molecular weight is 310 g/mol. The first-order valence-corrected chi connectivity index (χ1v) is 8.44. The molecule has 0 saturated carbocycles. The van der Waals surface area contributed by atoms with Crippen LogP contribution in [-0.4, -0.2) is 11.7 Å².